The van der Waals surface area contributed by atoms with Gasteiger partial charge < -0.3 is 19.7 Å². The molecule has 3 saturated heterocycles. The fourth-order valence-electron chi connectivity index (χ4n) is 5.93. The second-order valence-corrected chi connectivity index (χ2v) is 7.64. The molecule has 3 heterocycles. The van der Waals surface area contributed by atoms with E-state index >= 15 is 0 Å². The van der Waals surface area contributed by atoms with Crippen molar-refractivity contribution in [2.45, 2.75) is 57.5 Å². The van der Waals surface area contributed by atoms with Crippen molar-refractivity contribution in [3.05, 3.63) is 0 Å². The Kier molecular flexibility index (Phi) is 2.11. The number of carbonyl (C=O) groups is 1. The third-order valence-corrected chi connectivity index (χ3v) is 7.11. The van der Waals surface area contributed by atoms with Crippen LogP contribution in [0.5, 0.6) is 0 Å². The van der Waals surface area contributed by atoms with Crippen LogP contribution in [0.2, 0.25) is 0 Å². The van der Waals surface area contributed by atoms with Crippen molar-refractivity contribution in [1.82, 2.24) is 0 Å². The van der Waals surface area contributed by atoms with Gasteiger partial charge in [0.25, 0.3) is 0 Å². The molecule has 112 valence electrons. The van der Waals surface area contributed by atoms with E-state index in [1.54, 1.807) is 0 Å². The summed E-state index contributed by atoms with van der Waals surface area (Å²) in [6, 6.07) is 0. The average Bonchev–Trinajstić information content (AvgIpc) is 2.80. The van der Waals surface area contributed by atoms with E-state index < -0.39 is 28.3 Å². The second-order valence-electron chi connectivity index (χ2n) is 7.64. The third-order valence-electron chi connectivity index (χ3n) is 7.11. The van der Waals surface area contributed by atoms with Gasteiger partial charge in [0.15, 0.2) is 5.79 Å². The molecule has 4 rings (SSSR count). The highest BCUT2D eigenvalue weighted by atomic mass is 16.7. The van der Waals surface area contributed by atoms with Crippen LogP contribution in [0.25, 0.3) is 0 Å². The van der Waals surface area contributed by atoms with Crippen LogP contribution in [-0.4, -0.2) is 40.3 Å². The van der Waals surface area contributed by atoms with Crippen LogP contribution in [0.4, 0.5) is 0 Å². The summed E-state index contributed by atoms with van der Waals surface area (Å²) >= 11 is 0. The van der Waals surface area contributed by atoms with Crippen LogP contribution in [0.15, 0.2) is 0 Å². The first kappa shape index (κ1) is 13.0. The lowest BCUT2D eigenvalue weighted by atomic mass is 9.49. The predicted molar refractivity (Wildman–Crippen MR) is 68.5 cm³/mol. The minimum Gasteiger partial charge on any atom is -0.465 e. The van der Waals surface area contributed by atoms with E-state index in [0.29, 0.717) is 12.8 Å². The summed E-state index contributed by atoms with van der Waals surface area (Å²) in [5.41, 5.74) is -1.91. The van der Waals surface area contributed by atoms with E-state index in [1.807, 2.05) is 13.8 Å². The van der Waals surface area contributed by atoms with Gasteiger partial charge in [0.05, 0.1) is 19.1 Å². The normalized spacial score (nSPS) is 64.0. The molecule has 2 bridgehead atoms. The maximum Gasteiger partial charge on any atom is 0.306 e. The molecule has 5 heteroatoms. The number of aliphatic hydroxyl groups is 2. The van der Waals surface area contributed by atoms with Gasteiger partial charge in [-0.05, 0) is 12.3 Å². The molecule has 0 aromatic carbocycles. The molecular formula is C15H22O5. The number of carbonyl (C=O) groups excluding carboxylic acids is 1. The number of esters is 1. The van der Waals surface area contributed by atoms with E-state index in [2.05, 4.69) is 6.92 Å². The van der Waals surface area contributed by atoms with Gasteiger partial charge in [-0.1, -0.05) is 20.8 Å². The minimum absolute atomic E-state index is 0.129. The Balaban J connectivity index is 2.01. The summed E-state index contributed by atoms with van der Waals surface area (Å²) in [6.45, 7) is 6.19. The SMILES string of the molecule is C[C@@H]1C[C@H](O)[C@@]23O[C@@]4(O)C[C@@]12CC(=O)OC[C@]3(C)[C@H]4C. The summed E-state index contributed by atoms with van der Waals surface area (Å²) in [5.74, 6) is -1.53. The zero-order valence-corrected chi connectivity index (χ0v) is 12.2. The molecule has 0 unspecified atom stereocenters. The number of ether oxygens (including phenoxy) is 2. The molecule has 1 saturated carbocycles. The van der Waals surface area contributed by atoms with Crippen molar-refractivity contribution >= 4 is 5.97 Å². The van der Waals surface area contributed by atoms with E-state index in [1.165, 1.54) is 0 Å². The Morgan fingerprint density at radius 1 is 1.35 bits per heavy atom. The fraction of sp³-hybridized carbons (Fsp3) is 0.933. The highest BCUT2D eigenvalue weighted by molar-refractivity contribution is 5.72. The van der Waals surface area contributed by atoms with Crippen molar-refractivity contribution in [1.29, 1.82) is 0 Å². The van der Waals surface area contributed by atoms with Gasteiger partial charge in [0.1, 0.15) is 5.60 Å². The molecule has 1 aliphatic carbocycles. The molecule has 0 radical (unpaired) electrons. The number of aliphatic hydroxyl groups excluding tert-OH is 1. The Morgan fingerprint density at radius 3 is 2.75 bits per heavy atom. The Labute approximate surface area is 118 Å². The second kappa shape index (κ2) is 3.23. The standard InChI is InChI=1S/C15H22O5/c1-8-4-10(16)15-12(3)7-19-11(17)5-13(8,15)6-14(18,20-15)9(12)2/h8-10,16,18H,4-7H2,1-3H3/t8-,9-,10+,12-,13+,14+,15+/m1/s1. The molecule has 20 heavy (non-hydrogen) atoms. The molecule has 4 aliphatic rings. The van der Waals surface area contributed by atoms with E-state index in [4.69, 9.17) is 9.47 Å². The van der Waals surface area contributed by atoms with Gasteiger partial charge in [-0.2, -0.15) is 0 Å². The number of rotatable bonds is 0. The van der Waals surface area contributed by atoms with E-state index in [-0.39, 0.29) is 30.8 Å². The summed E-state index contributed by atoms with van der Waals surface area (Å²) in [4.78, 5) is 12.1. The monoisotopic (exact) mass is 282 g/mol. The molecule has 0 aromatic rings. The first-order valence-corrected chi connectivity index (χ1v) is 7.48. The summed E-state index contributed by atoms with van der Waals surface area (Å²) in [5, 5.41) is 21.7. The van der Waals surface area contributed by atoms with E-state index in [0.717, 1.165) is 0 Å². The van der Waals surface area contributed by atoms with Crippen LogP contribution in [-0.2, 0) is 14.3 Å². The largest absolute Gasteiger partial charge is 0.465 e. The zero-order valence-electron chi connectivity index (χ0n) is 12.2. The molecule has 2 N–H and O–H groups in total. The van der Waals surface area contributed by atoms with Crippen LogP contribution in [0.3, 0.4) is 0 Å². The van der Waals surface area contributed by atoms with Crippen molar-refractivity contribution in [3.63, 3.8) is 0 Å². The topological polar surface area (TPSA) is 76.0 Å². The van der Waals surface area contributed by atoms with Gasteiger partial charge in [0.2, 0.25) is 0 Å². The summed E-state index contributed by atoms with van der Waals surface area (Å²) in [7, 11) is 0. The maximum atomic E-state index is 12.1. The van der Waals surface area contributed by atoms with Gasteiger partial charge in [-0.3, -0.25) is 4.79 Å². The van der Waals surface area contributed by atoms with Crippen molar-refractivity contribution < 1.29 is 24.5 Å². The lowest BCUT2D eigenvalue weighted by Gasteiger charge is -2.52. The molecule has 0 amide bonds. The van der Waals surface area contributed by atoms with Gasteiger partial charge in [0, 0.05) is 23.2 Å². The Hall–Kier alpha value is -0.650. The van der Waals surface area contributed by atoms with Crippen LogP contribution in [0, 0.1) is 22.7 Å². The lowest BCUT2D eigenvalue weighted by molar-refractivity contribution is -0.218. The number of fused-ring (bicyclic) bond motifs is 1. The lowest BCUT2D eigenvalue weighted by Crippen LogP contribution is -2.62. The molecule has 3 aliphatic heterocycles. The van der Waals surface area contributed by atoms with E-state index in [9.17, 15) is 15.0 Å². The third kappa shape index (κ3) is 0.993. The van der Waals surface area contributed by atoms with Crippen molar-refractivity contribution in [2.75, 3.05) is 6.61 Å². The van der Waals surface area contributed by atoms with Gasteiger partial charge >= 0.3 is 5.97 Å². The minimum atomic E-state index is -1.25. The summed E-state index contributed by atoms with van der Waals surface area (Å²) < 4.78 is 11.5. The highest BCUT2D eigenvalue weighted by Crippen LogP contribution is 2.78. The molecule has 1 spiro atoms. The molecule has 5 nitrogen and oxygen atoms in total. The zero-order chi connectivity index (χ0) is 14.6. The predicted octanol–water partition coefficient (Wildman–Crippen LogP) is 0.824. The molecule has 0 aromatic heterocycles. The number of hydrogen-bond donors (Lipinski definition) is 2. The van der Waals surface area contributed by atoms with Crippen molar-refractivity contribution in [3.8, 4) is 0 Å². The fourth-order valence-corrected chi connectivity index (χ4v) is 5.93. The maximum absolute atomic E-state index is 12.1. The smallest absolute Gasteiger partial charge is 0.306 e. The first-order valence-electron chi connectivity index (χ1n) is 7.48. The number of hydrogen-bond acceptors (Lipinski definition) is 5. The van der Waals surface area contributed by atoms with Crippen molar-refractivity contribution in [2.24, 2.45) is 22.7 Å². The van der Waals surface area contributed by atoms with Crippen LogP contribution >= 0.6 is 0 Å². The molecular weight excluding hydrogens is 260 g/mol. The summed E-state index contributed by atoms with van der Waals surface area (Å²) in [6.07, 6.45) is 0.613. The average molecular weight is 282 g/mol. The Bertz CT molecular complexity index is 506. The Morgan fingerprint density at radius 2 is 2.05 bits per heavy atom. The number of cyclic esters (lactones) is 1. The molecule has 7 atom stereocenters. The van der Waals surface area contributed by atoms with Crippen LogP contribution < -0.4 is 0 Å². The quantitative estimate of drug-likeness (QED) is 0.643. The highest BCUT2D eigenvalue weighted by Gasteiger charge is 2.86. The van der Waals surface area contributed by atoms with Gasteiger partial charge in [-0.25, -0.2) is 0 Å². The first-order chi connectivity index (χ1) is 9.22. The van der Waals surface area contributed by atoms with Gasteiger partial charge in [-0.15, -0.1) is 0 Å². The van der Waals surface area contributed by atoms with Crippen LogP contribution in [0.1, 0.15) is 40.0 Å². The molecule has 4 fully saturated rings.